The number of carbonyl (C=O) groups excluding carboxylic acids is 1. The van der Waals surface area contributed by atoms with Gasteiger partial charge in [0.1, 0.15) is 12.1 Å². The van der Waals surface area contributed by atoms with E-state index >= 15 is 0 Å². The molecule has 0 aromatic carbocycles. The van der Waals surface area contributed by atoms with Crippen LogP contribution in [0, 0.1) is 0 Å². The van der Waals surface area contributed by atoms with Crippen LogP contribution in [0.5, 0.6) is 0 Å². The van der Waals surface area contributed by atoms with Gasteiger partial charge in [0.15, 0.2) is 0 Å². The third-order valence-corrected chi connectivity index (χ3v) is 11.1. The smallest absolute Gasteiger partial charge is 0.472 e. The monoisotopic (exact) mass is 842 g/mol. The number of hydrogen-bond acceptors (Lipinski definition) is 8. The normalized spacial score (nSPS) is 14.1. The van der Waals surface area contributed by atoms with E-state index in [1.54, 1.807) is 0 Å². The number of allylic oxidation sites excluding steroid dienone is 6. The number of ether oxygens (including phenoxy) is 2. The highest BCUT2D eigenvalue weighted by Crippen LogP contribution is 2.43. The van der Waals surface area contributed by atoms with Crippen molar-refractivity contribution in [2.24, 2.45) is 5.73 Å². The Morgan fingerprint density at radius 3 is 1.45 bits per heavy atom. The van der Waals surface area contributed by atoms with Crippen molar-refractivity contribution < 1.29 is 42.7 Å². The molecule has 0 heterocycles. The number of esters is 1. The van der Waals surface area contributed by atoms with E-state index in [-0.39, 0.29) is 13.0 Å². The van der Waals surface area contributed by atoms with Gasteiger partial charge in [-0.15, -0.1) is 0 Å². The van der Waals surface area contributed by atoms with Gasteiger partial charge in [-0.3, -0.25) is 18.6 Å². The first-order valence-electron chi connectivity index (χ1n) is 23.5. The molecule has 0 rings (SSSR count). The van der Waals surface area contributed by atoms with Crippen LogP contribution >= 0.6 is 7.82 Å². The van der Waals surface area contributed by atoms with E-state index in [4.69, 9.17) is 29.4 Å². The highest BCUT2D eigenvalue weighted by Gasteiger charge is 2.27. The minimum atomic E-state index is -4.62. The lowest BCUT2D eigenvalue weighted by atomic mass is 10.0. The second-order valence-electron chi connectivity index (χ2n) is 15.9. The molecule has 58 heavy (non-hydrogen) atoms. The molecule has 340 valence electrons. The van der Waals surface area contributed by atoms with Crippen molar-refractivity contribution in [3.05, 3.63) is 36.5 Å². The molecule has 0 radical (unpaired) electrons. The fourth-order valence-corrected chi connectivity index (χ4v) is 7.27. The summed E-state index contributed by atoms with van der Waals surface area (Å²) in [6.45, 7) is 3.87. The number of unbranched alkanes of at least 4 members (excludes halogenated alkanes) is 25. The maximum absolute atomic E-state index is 12.7. The molecule has 3 atom stereocenters. The Kier molecular flexibility index (Phi) is 41.9. The van der Waals surface area contributed by atoms with Gasteiger partial charge in [-0.05, 0) is 51.4 Å². The lowest BCUT2D eigenvalue weighted by Gasteiger charge is -2.20. The third kappa shape index (κ3) is 42.3. The van der Waals surface area contributed by atoms with Crippen LogP contribution in [0.4, 0.5) is 0 Å². The minimum absolute atomic E-state index is 0.0144. The first-order chi connectivity index (χ1) is 28.2. The summed E-state index contributed by atoms with van der Waals surface area (Å²) in [4.78, 5) is 33.6. The summed E-state index contributed by atoms with van der Waals surface area (Å²) in [7, 11) is -4.62. The molecule has 0 saturated carbocycles. The van der Waals surface area contributed by atoms with E-state index in [2.05, 4.69) is 50.3 Å². The maximum atomic E-state index is 12.7. The van der Waals surface area contributed by atoms with Crippen molar-refractivity contribution >= 4 is 19.8 Å². The number of phosphoric ester groups is 1. The number of carboxylic acids is 1. The van der Waals surface area contributed by atoms with Gasteiger partial charge in [-0.25, -0.2) is 4.57 Å². The van der Waals surface area contributed by atoms with E-state index < -0.39 is 45.1 Å². The quantitative estimate of drug-likeness (QED) is 0.0233. The molecule has 0 fully saturated rings. The van der Waals surface area contributed by atoms with Crippen LogP contribution in [0.1, 0.15) is 213 Å². The number of carbonyl (C=O) groups is 2. The van der Waals surface area contributed by atoms with Gasteiger partial charge >= 0.3 is 19.8 Å². The Labute approximate surface area is 355 Å². The van der Waals surface area contributed by atoms with Crippen LogP contribution in [0.25, 0.3) is 0 Å². The topological polar surface area (TPSA) is 155 Å². The molecule has 10 nitrogen and oxygen atoms in total. The van der Waals surface area contributed by atoms with Crippen LogP contribution in [-0.2, 0) is 32.7 Å². The fourth-order valence-electron chi connectivity index (χ4n) is 6.49. The first kappa shape index (κ1) is 56.2. The Morgan fingerprint density at radius 1 is 0.552 bits per heavy atom. The summed E-state index contributed by atoms with van der Waals surface area (Å²) in [6, 6.07) is -1.47. The number of rotatable bonds is 45. The molecule has 0 saturated heterocycles. The summed E-state index contributed by atoms with van der Waals surface area (Å²) in [5, 5.41) is 8.91. The predicted octanol–water partition coefficient (Wildman–Crippen LogP) is 13.3. The van der Waals surface area contributed by atoms with Gasteiger partial charge in [-0.1, -0.05) is 192 Å². The summed E-state index contributed by atoms with van der Waals surface area (Å²) in [5.41, 5.74) is 5.36. The average Bonchev–Trinajstić information content (AvgIpc) is 3.20. The molecule has 0 spiro atoms. The van der Waals surface area contributed by atoms with Crippen molar-refractivity contribution in [1.82, 2.24) is 0 Å². The van der Waals surface area contributed by atoms with Crippen LogP contribution in [0.15, 0.2) is 36.5 Å². The van der Waals surface area contributed by atoms with Crippen LogP contribution in [0.3, 0.4) is 0 Å². The molecule has 3 unspecified atom stereocenters. The van der Waals surface area contributed by atoms with Crippen LogP contribution in [0.2, 0.25) is 0 Å². The molecule has 0 amide bonds. The van der Waals surface area contributed by atoms with E-state index in [0.29, 0.717) is 13.0 Å². The first-order valence-corrected chi connectivity index (χ1v) is 25.0. The van der Waals surface area contributed by atoms with Crippen molar-refractivity contribution in [3.63, 3.8) is 0 Å². The Hall–Kier alpha value is -1.81. The Morgan fingerprint density at radius 2 is 0.948 bits per heavy atom. The fraction of sp³-hybridized carbons (Fsp3) is 0.830. The Bertz CT molecular complexity index is 1070. The highest BCUT2D eigenvalue weighted by atomic mass is 31.2. The summed E-state index contributed by atoms with van der Waals surface area (Å²) in [6.07, 6.45) is 49.0. The zero-order valence-corrected chi connectivity index (χ0v) is 38.0. The molecule has 4 N–H and O–H groups in total. The van der Waals surface area contributed by atoms with Gasteiger partial charge < -0.3 is 25.2 Å². The van der Waals surface area contributed by atoms with Crippen molar-refractivity contribution in [1.29, 1.82) is 0 Å². The second-order valence-corrected chi connectivity index (χ2v) is 17.3. The molecule has 0 aromatic rings. The standard InChI is InChI=1S/C47H88NO9P/c1-3-5-7-9-11-13-15-17-19-21-22-23-25-27-29-31-33-35-37-39-46(49)57-44(42-55-58(52,53)56-43-45(48)47(50)51)41-54-40-38-36-34-32-30-28-26-24-20-18-16-14-12-10-8-6-4-2/h11,13,17,19,22-23,44-45H,3-10,12,14-16,18,20-21,24-43,48H2,1-2H3,(H,50,51)(H,52,53)/b13-11-,19-17-,23-22-. The summed E-state index contributed by atoms with van der Waals surface area (Å²) >= 11 is 0. The number of nitrogens with two attached hydrogens (primary N) is 1. The average molecular weight is 842 g/mol. The van der Waals surface area contributed by atoms with E-state index in [9.17, 15) is 19.0 Å². The number of aliphatic carboxylic acids is 1. The van der Waals surface area contributed by atoms with E-state index in [1.165, 1.54) is 116 Å². The number of hydrogen-bond donors (Lipinski definition) is 3. The van der Waals surface area contributed by atoms with Gasteiger partial charge in [0.05, 0.1) is 19.8 Å². The van der Waals surface area contributed by atoms with Gasteiger partial charge in [0, 0.05) is 13.0 Å². The SMILES string of the molecule is CCCCC/C=C\C/C=C\C/C=C\CCCCCCCCC(=O)OC(COCCCCCCCCCCCCCCCCCCC)COP(=O)(O)OCC(N)C(=O)O. The zero-order valence-electron chi connectivity index (χ0n) is 37.1. The zero-order chi connectivity index (χ0) is 42.6. The van der Waals surface area contributed by atoms with Crippen LogP contribution in [-0.4, -0.2) is 60.5 Å². The van der Waals surface area contributed by atoms with E-state index in [0.717, 1.165) is 70.6 Å². The largest absolute Gasteiger partial charge is 0.480 e. The maximum Gasteiger partial charge on any atom is 0.472 e. The molecule has 11 heteroatoms. The summed E-state index contributed by atoms with van der Waals surface area (Å²) in [5.74, 6) is -1.79. The molecule has 0 bridgehead atoms. The lowest BCUT2D eigenvalue weighted by Crippen LogP contribution is -2.34. The summed E-state index contributed by atoms with van der Waals surface area (Å²) < 4.78 is 33.4. The van der Waals surface area contributed by atoms with Crippen molar-refractivity contribution in [3.8, 4) is 0 Å². The lowest BCUT2D eigenvalue weighted by molar-refractivity contribution is -0.154. The van der Waals surface area contributed by atoms with Crippen molar-refractivity contribution in [2.75, 3.05) is 26.4 Å². The van der Waals surface area contributed by atoms with Gasteiger partial charge in [0.25, 0.3) is 0 Å². The van der Waals surface area contributed by atoms with Crippen molar-refractivity contribution in [2.45, 2.75) is 225 Å². The molecule has 0 aliphatic rings. The molecule has 0 aromatic heterocycles. The Balaban J connectivity index is 4.21. The second kappa shape index (κ2) is 43.3. The minimum Gasteiger partial charge on any atom is -0.480 e. The molecule has 0 aliphatic heterocycles. The number of phosphoric acid groups is 1. The van der Waals surface area contributed by atoms with Gasteiger partial charge in [-0.2, -0.15) is 0 Å². The van der Waals surface area contributed by atoms with Crippen LogP contribution < -0.4 is 5.73 Å². The van der Waals surface area contributed by atoms with Gasteiger partial charge in [0.2, 0.25) is 0 Å². The predicted molar refractivity (Wildman–Crippen MR) is 240 cm³/mol. The highest BCUT2D eigenvalue weighted by molar-refractivity contribution is 7.47. The van der Waals surface area contributed by atoms with E-state index in [1.807, 2.05) is 0 Å². The molecule has 0 aliphatic carbocycles. The molecular weight excluding hydrogens is 753 g/mol. The third-order valence-electron chi connectivity index (χ3n) is 10.2. The number of carboxylic acid groups (broad SMARTS) is 1. The molecular formula is C47H88NO9P.